The summed E-state index contributed by atoms with van der Waals surface area (Å²) in [4.78, 5) is 12.4. The minimum Gasteiger partial charge on any atom is -0.457 e. The fourth-order valence-corrected chi connectivity index (χ4v) is 4.63. The van der Waals surface area contributed by atoms with E-state index < -0.39 is 8.32 Å². The largest absolute Gasteiger partial charge is 0.457 e. The maximum Gasteiger partial charge on any atom is 0.306 e. The topological polar surface area (TPSA) is 35.5 Å². The molecule has 4 heteroatoms. The van der Waals surface area contributed by atoms with E-state index in [4.69, 9.17) is 9.16 Å². The number of hydrogen-bond donors (Lipinski definition) is 0. The molecule has 0 amide bonds. The summed E-state index contributed by atoms with van der Waals surface area (Å²) >= 11 is 0. The molecular formula is C24H38O3Si. The summed E-state index contributed by atoms with van der Waals surface area (Å²) in [6.45, 7) is 15.7. The van der Waals surface area contributed by atoms with Gasteiger partial charge in [0.25, 0.3) is 0 Å². The van der Waals surface area contributed by atoms with E-state index in [1.165, 1.54) is 0 Å². The lowest BCUT2D eigenvalue weighted by atomic mass is 9.95. The first-order chi connectivity index (χ1) is 13.1. The van der Waals surface area contributed by atoms with Gasteiger partial charge in [-0.3, -0.25) is 4.79 Å². The Hall–Kier alpha value is -1.39. The van der Waals surface area contributed by atoms with Gasteiger partial charge in [0.15, 0.2) is 8.32 Å². The van der Waals surface area contributed by atoms with Crippen LogP contribution in [0.3, 0.4) is 0 Å². The maximum atomic E-state index is 12.4. The monoisotopic (exact) mass is 402 g/mol. The number of esters is 1. The highest BCUT2D eigenvalue weighted by Crippen LogP contribution is 2.40. The second-order valence-corrected chi connectivity index (χ2v) is 14.3. The quantitative estimate of drug-likeness (QED) is 0.311. The Morgan fingerprint density at radius 3 is 2.25 bits per heavy atom. The van der Waals surface area contributed by atoms with E-state index in [1.807, 2.05) is 30.3 Å². The smallest absolute Gasteiger partial charge is 0.306 e. The molecule has 1 fully saturated rings. The molecule has 0 saturated carbocycles. The lowest BCUT2D eigenvalue weighted by Crippen LogP contribution is -2.44. The molecule has 1 aromatic carbocycles. The minimum absolute atomic E-state index is 0.0849. The van der Waals surface area contributed by atoms with Gasteiger partial charge in [-0.15, -0.1) is 0 Å². The Morgan fingerprint density at radius 2 is 1.64 bits per heavy atom. The zero-order chi connectivity index (χ0) is 20.8. The van der Waals surface area contributed by atoms with Gasteiger partial charge in [-0.25, -0.2) is 0 Å². The van der Waals surface area contributed by atoms with Gasteiger partial charge in [-0.2, -0.15) is 0 Å². The highest BCUT2D eigenvalue weighted by atomic mass is 28.4. The fraction of sp³-hybridized carbons (Fsp3) is 0.625. The molecule has 2 rings (SSSR count). The number of cyclic esters (lactones) is 1. The molecule has 0 aromatic heterocycles. The molecule has 156 valence electrons. The number of carbonyl (C=O) groups excluding carboxylic acids is 1. The molecule has 1 aliphatic rings. The second-order valence-electron chi connectivity index (χ2n) is 9.56. The van der Waals surface area contributed by atoms with E-state index >= 15 is 0 Å². The van der Waals surface area contributed by atoms with Crippen LogP contribution in [0.1, 0.15) is 77.4 Å². The molecule has 0 bridgehead atoms. The third kappa shape index (κ3) is 6.59. The fourth-order valence-electron chi connectivity index (χ4n) is 3.30. The molecule has 1 aromatic rings. The standard InChI is InChI=1S/C24H38O3Si/c1-19-14-10-7-8-13-17-23(25)26-22(20-15-11-9-12-16-20)18-21(19)27-28(5,6)24(2,3)4/h9,11-12,15-16,21-22H,1,7-8,10,13-14,17-18H2,2-6H3/t21-,22-/m1/s1. The highest BCUT2D eigenvalue weighted by molar-refractivity contribution is 6.74. The van der Waals surface area contributed by atoms with Crippen molar-refractivity contribution in [2.45, 2.75) is 96.1 Å². The number of benzene rings is 1. The lowest BCUT2D eigenvalue weighted by Gasteiger charge is -2.40. The van der Waals surface area contributed by atoms with Crippen LogP contribution in [0.4, 0.5) is 0 Å². The predicted octanol–water partition coefficient (Wildman–Crippen LogP) is 6.96. The molecule has 0 spiro atoms. The predicted molar refractivity (Wildman–Crippen MR) is 119 cm³/mol. The number of hydrogen-bond acceptors (Lipinski definition) is 3. The van der Waals surface area contributed by atoms with Gasteiger partial charge in [0.05, 0.1) is 6.10 Å². The summed E-state index contributed by atoms with van der Waals surface area (Å²) in [5.74, 6) is -0.105. The van der Waals surface area contributed by atoms with Crippen molar-refractivity contribution in [3.63, 3.8) is 0 Å². The van der Waals surface area contributed by atoms with Crippen LogP contribution in [-0.4, -0.2) is 20.4 Å². The molecule has 28 heavy (non-hydrogen) atoms. The van der Waals surface area contributed by atoms with Crippen LogP contribution >= 0.6 is 0 Å². The number of carbonyl (C=O) groups is 1. The van der Waals surface area contributed by atoms with Crippen molar-refractivity contribution in [3.8, 4) is 0 Å². The van der Waals surface area contributed by atoms with E-state index in [2.05, 4.69) is 40.4 Å². The van der Waals surface area contributed by atoms with Crippen LogP contribution in [0.15, 0.2) is 42.5 Å². The van der Waals surface area contributed by atoms with Crippen LogP contribution in [-0.2, 0) is 14.0 Å². The first-order valence-corrected chi connectivity index (χ1v) is 13.6. The molecule has 1 aliphatic heterocycles. The summed E-state index contributed by atoms with van der Waals surface area (Å²) in [6.07, 6.45) is 5.94. The highest BCUT2D eigenvalue weighted by Gasteiger charge is 2.40. The zero-order valence-electron chi connectivity index (χ0n) is 18.4. The third-order valence-electron chi connectivity index (χ3n) is 6.20. The zero-order valence-corrected chi connectivity index (χ0v) is 19.4. The maximum absolute atomic E-state index is 12.4. The summed E-state index contributed by atoms with van der Waals surface area (Å²) in [6, 6.07) is 10.1. The molecule has 0 aliphatic carbocycles. The van der Waals surface area contributed by atoms with Gasteiger partial charge < -0.3 is 9.16 Å². The van der Waals surface area contributed by atoms with E-state index in [0.29, 0.717) is 12.8 Å². The van der Waals surface area contributed by atoms with Crippen LogP contribution in [0.2, 0.25) is 18.1 Å². The van der Waals surface area contributed by atoms with E-state index in [1.54, 1.807) is 0 Å². The van der Waals surface area contributed by atoms with Gasteiger partial charge in [0.2, 0.25) is 0 Å². The Balaban J connectivity index is 2.31. The van der Waals surface area contributed by atoms with Gasteiger partial charge in [0.1, 0.15) is 6.10 Å². The van der Waals surface area contributed by atoms with E-state index in [-0.39, 0.29) is 23.2 Å². The number of rotatable bonds is 3. The van der Waals surface area contributed by atoms with Crippen molar-refractivity contribution in [1.29, 1.82) is 0 Å². The molecular weight excluding hydrogens is 364 g/mol. The van der Waals surface area contributed by atoms with Crippen LogP contribution in [0.5, 0.6) is 0 Å². The summed E-state index contributed by atoms with van der Waals surface area (Å²) in [7, 11) is -1.97. The van der Waals surface area contributed by atoms with Crippen molar-refractivity contribution in [2.24, 2.45) is 0 Å². The molecule has 0 radical (unpaired) electrons. The Morgan fingerprint density at radius 1 is 1.04 bits per heavy atom. The second kappa shape index (κ2) is 9.88. The molecule has 0 unspecified atom stereocenters. The van der Waals surface area contributed by atoms with E-state index in [9.17, 15) is 4.79 Å². The first-order valence-electron chi connectivity index (χ1n) is 10.7. The minimum atomic E-state index is -1.97. The molecule has 1 saturated heterocycles. The Kier molecular flexibility index (Phi) is 8.08. The van der Waals surface area contributed by atoms with Crippen LogP contribution in [0.25, 0.3) is 0 Å². The molecule has 0 N–H and O–H groups in total. The van der Waals surface area contributed by atoms with Gasteiger partial charge in [-0.1, -0.05) is 70.5 Å². The lowest BCUT2D eigenvalue weighted by molar-refractivity contribution is -0.150. The van der Waals surface area contributed by atoms with Crippen molar-refractivity contribution in [2.75, 3.05) is 0 Å². The Bertz CT molecular complexity index is 646. The average molecular weight is 403 g/mol. The molecule has 3 nitrogen and oxygen atoms in total. The summed E-state index contributed by atoms with van der Waals surface area (Å²) < 4.78 is 12.7. The normalized spacial score (nSPS) is 23.5. The number of ether oxygens (including phenoxy) is 1. The summed E-state index contributed by atoms with van der Waals surface area (Å²) in [5, 5.41) is 0.121. The van der Waals surface area contributed by atoms with Gasteiger partial charge in [-0.05, 0) is 48.5 Å². The van der Waals surface area contributed by atoms with Gasteiger partial charge >= 0.3 is 5.97 Å². The first kappa shape index (κ1) is 22.9. The third-order valence-corrected chi connectivity index (χ3v) is 10.7. The van der Waals surface area contributed by atoms with Crippen molar-refractivity contribution >= 4 is 14.3 Å². The average Bonchev–Trinajstić information content (AvgIpc) is 2.61. The van der Waals surface area contributed by atoms with E-state index in [0.717, 1.165) is 43.2 Å². The van der Waals surface area contributed by atoms with Crippen LogP contribution < -0.4 is 0 Å². The van der Waals surface area contributed by atoms with Crippen molar-refractivity contribution in [3.05, 3.63) is 48.0 Å². The molecule has 1 heterocycles. The van der Waals surface area contributed by atoms with Crippen LogP contribution in [0, 0.1) is 0 Å². The molecule has 2 atom stereocenters. The van der Waals surface area contributed by atoms with Crippen molar-refractivity contribution in [1.82, 2.24) is 0 Å². The summed E-state index contributed by atoms with van der Waals surface area (Å²) in [5.41, 5.74) is 2.17. The van der Waals surface area contributed by atoms with Gasteiger partial charge in [0, 0.05) is 12.8 Å². The SMILES string of the molecule is C=C1CCCCCCC(=O)O[C@@H](c2ccccc2)C[C@H]1O[Si](C)(C)C(C)(C)C. The Labute approximate surface area is 172 Å². The van der Waals surface area contributed by atoms with Crippen molar-refractivity contribution < 1.29 is 14.0 Å².